The first-order valence-electron chi connectivity index (χ1n) is 5.06. The van der Waals surface area contributed by atoms with Crippen LogP contribution >= 0.6 is 0 Å². The van der Waals surface area contributed by atoms with Gasteiger partial charge < -0.3 is 10.6 Å². The van der Waals surface area contributed by atoms with Gasteiger partial charge in [0.25, 0.3) is 0 Å². The van der Waals surface area contributed by atoms with Crippen LogP contribution in [0.3, 0.4) is 0 Å². The summed E-state index contributed by atoms with van der Waals surface area (Å²) in [6.07, 6.45) is 0. The summed E-state index contributed by atoms with van der Waals surface area (Å²) in [5.74, 6) is -3.73. The van der Waals surface area contributed by atoms with Crippen LogP contribution in [-0.4, -0.2) is 19.6 Å². The van der Waals surface area contributed by atoms with Crippen molar-refractivity contribution in [1.29, 1.82) is 0 Å². The molecular weight excluding hydrogens is 217 g/mol. The molecule has 1 unspecified atom stereocenters. The van der Waals surface area contributed by atoms with Crippen LogP contribution in [0.15, 0.2) is 12.1 Å². The second-order valence-electron chi connectivity index (χ2n) is 3.71. The van der Waals surface area contributed by atoms with Gasteiger partial charge in [0.05, 0.1) is 0 Å². The van der Waals surface area contributed by atoms with Crippen molar-refractivity contribution in [2.75, 3.05) is 13.6 Å². The third-order valence-electron chi connectivity index (χ3n) is 2.21. The predicted octanol–water partition coefficient (Wildman–Crippen LogP) is 1.80. The summed E-state index contributed by atoms with van der Waals surface area (Å²) in [4.78, 5) is 0. The minimum absolute atomic E-state index is 0.168. The van der Waals surface area contributed by atoms with Gasteiger partial charge in [0, 0.05) is 19.1 Å². The molecule has 0 amide bonds. The number of likely N-dealkylation sites (N-methyl/N-ethyl adjacent to an activating group) is 1. The van der Waals surface area contributed by atoms with Crippen molar-refractivity contribution in [3.8, 4) is 0 Å². The topological polar surface area (TPSA) is 24.1 Å². The van der Waals surface area contributed by atoms with E-state index in [0.29, 0.717) is 12.1 Å². The van der Waals surface area contributed by atoms with E-state index in [1.165, 1.54) is 0 Å². The van der Waals surface area contributed by atoms with E-state index in [2.05, 4.69) is 10.6 Å². The fourth-order valence-electron chi connectivity index (χ4n) is 1.38. The zero-order valence-corrected chi connectivity index (χ0v) is 9.28. The maximum Gasteiger partial charge on any atom is 0.194 e. The van der Waals surface area contributed by atoms with Crippen LogP contribution < -0.4 is 10.6 Å². The Morgan fingerprint density at radius 1 is 1.19 bits per heavy atom. The summed E-state index contributed by atoms with van der Waals surface area (Å²) >= 11 is 0. The van der Waals surface area contributed by atoms with Gasteiger partial charge in [-0.15, -0.1) is 0 Å². The van der Waals surface area contributed by atoms with E-state index in [9.17, 15) is 13.2 Å². The summed E-state index contributed by atoms with van der Waals surface area (Å²) in [6, 6.07) is 2.16. The molecule has 0 spiro atoms. The fourth-order valence-corrected chi connectivity index (χ4v) is 1.38. The SMILES string of the molecule is CNCC(C)NCc1cc(F)c(F)c(F)c1. The van der Waals surface area contributed by atoms with Crippen molar-refractivity contribution in [1.82, 2.24) is 10.6 Å². The first-order valence-corrected chi connectivity index (χ1v) is 5.06. The second kappa shape index (κ2) is 5.86. The maximum absolute atomic E-state index is 12.9. The van der Waals surface area contributed by atoms with Gasteiger partial charge in [0.15, 0.2) is 17.5 Å². The summed E-state index contributed by atoms with van der Waals surface area (Å²) in [6.45, 7) is 2.98. The standard InChI is InChI=1S/C11H15F3N2/c1-7(5-15-2)16-6-8-3-9(12)11(14)10(13)4-8/h3-4,7,15-16H,5-6H2,1-2H3. The molecule has 0 aliphatic heterocycles. The molecule has 90 valence electrons. The molecule has 0 aliphatic carbocycles. The van der Waals surface area contributed by atoms with E-state index >= 15 is 0 Å². The molecule has 0 saturated carbocycles. The lowest BCUT2D eigenvalue weighted by Crippen LogP contribution is -2.34. The highest BCUT2D eigenvalue weighted by molar-refractivity contribution is 5.19. The molecule has 0 radical (unpaired) electrons. The molecule has 0 aliphatic rings. The number of hydrogen-bond acceptors (Lipinski definition) is 2. The van der Waals surface area contributed by atoms with E-state index in [1.807, 2.05) is 14.0 Å². The fraction of sp³-hybridized carbons (Fsp3) is 0.455. The smallest absolute Gasteiger partial charge is 0.194 e. The van der Waals surface area contributed by atoms with Crippen LogP contribution in [0.4, 0.5) is 13.2 Å². The van der Waals surface area contributed by atoms with E-state index in [-0.39, 0.29) is 6.04 Å². The first kappa shape index (κ1) is 13.0. The molecule has 0 fully saturated rings. The van der Waals surface area contributed by atoms with Crippen LogP contribution in [0.5, 0.6) is 0 Å². The maximum atomic E-state index is 12.9. The van der Waals surface area contributed by atoms with E-state index < -0.39 is 17.5 Å². The molecule has 5 heteroatoms. The highest BCUT2D eigenvalue weighted by Crippen LogP contribution is 2.13. The van der Waals surface area contributed by atoms with Gasteiger partial charge in [-0.2, -0.15) is 0 Å². The average Bonchev–Trinajstić information content (AvgIpc) is 2.23. The van der Waals surface area contributed by atoms with Crippen molar-refractivity contribution < 1.29 is 13.2 Å². The normalized spacial score (nSPS) is 12.8. The van der Waals surface area contributed by atoms with Crippen molar-refractivity contribution in [2.24, 2.45) is 0 Å². The van der Waals surface area contributed by atoms with Crippen LogP contribution in [-0.2, 0) is 6.54 Å². The van der Waals surface area contributed by atoms with Crippen LogP contribution in [0, 0.1) is 17.5 Å². The molecule has 1 aromatic rings. The van der Waals surface area contributed by atoms with Gasteiger partial charge in [-0.1, -0.05) is 0 Å². The molecule has 2 N–H and O–H groups in total. The summed E-state index contributed by atoms with van der Waals surface area (Å²) in [7, 11) is 1.81. The van der Waals surface area contributed by atoms with E-state index in [4.69, 9.17) is 0 Å². The molecule has 2 nitrogen and oxygen atoms in total. The lowest BCUT2D eigenvalue weighted by molar-refractivity contribution is 0.442. The third kappa shape index (κ3) is 3.50. The van der Waals surface area contributed by atoms with E-state index in [0.717, 1.165) is 18.7 Å². The van der Waals surface area contributed by atoms with Gasteiger partial charge in [-0.3, -0.25) is 0 Å². The Kier molecular flexibility index (Phi) is 4.76. The van der Waals surface area contributed by atoms with Gasteiger partial charge in [0.1, 0.15) is 0 Å². The highest BCUT2D eigenvalue weighted by atomic mass is 19.2. The Hall–Kier alpha value is -1.07. The number of hydrogen-bond donors (Lipinski definition) is 2. The van der Waals surface area contributed by atoms with Crippen molar-refractivity contribution >= 4 is 0 Å². The molecule has 0 bridgehead atoms. The molecule has 1 atom stereocenters. The van der Waals surface area contributed by atoms with Crippen molar-refractivity contribution in [2.45, 2.75) is 19.5 Å². The van der Waals surface area contributed by atoms with Crippen molar-refractivity contribution in [3.05, 3.63) is 35.1 Å². The molecule has 0 saturated heterocycles. The van der Waals surface area contributed by atoms with Crippen LogP contribution in [0.1, 0.15) is 12.5 Å². The molecular formula is C11H15F3N2. The minimum atomic E-state index is -1.42. The van der Waals surface area contributed by atoms with Gasteiger partial charge >= 0.3 is 0 Å². The third-order valence-corrected chi connectivity index (χ3v) is 2.21. The zero-order chi connectivity index (χ0) is 12.1. The highest BCUT2D eigenvalue weighted by Gasteiger charge is 2.10. The number of rotatable bonds is 5. The second-order valence-corrected chi connectivity index (χ2v) is 3.71. The Balaban J connectivity index is 2.61. The lowest BCUT2D eigenvalue weighted by Gasteiger charge is -2.13. The van der Waals surface area contributed by atoms with Crippen LogP contribution in [0.25, 0.3) is 0 Å². The van der Waals surface area contributed by atoms with Crippen LogP contribution in [0.2, 0.25) is 0 Å². The summed E-state index contributed by atoms with van der Waals surface area (Å²) < 4.78 is 38.4. The minimum Gasteiger partial charge on any atom is -0.318 e. The Morgan fingerprint density at radius 3 is 2.25 bits per heavy atom. The van der Waals surface area contributed by atoms with Gasteiger partial charge in [0.2, 0.25) is 0 Å². The quantitative estimate of drug-likeness (QED) is 0.756. The molecule has 16 heavy (non-hydrogen) atoms. The number of halogens is 3. The Labute approximate surface area is 92.9 Å². The average molecular weight is 232 g/mol. The summed E-state index contributed by atoms with van der Waals surface area (Å²) in [5.41, 5.74) is 0.388. The number of nitrogens with one attached hydrogen (secondary N) is 2. The summed E-state index contributed by atoms with van der Waals surface area (Å²) in [5, 5.41) is 6.02. The molecule has 1 rings (SSSR count). The molecule has 0 aromatic heterocycles. The lowest BCUT2D eigenvalue weighted by atomic mass is 10.2. The Bertz CT molecular complexity index is 332. The molecule has 0 heterocycles. The van der Waals surface area contributed by atoms with Gasteiger partial charge in [-0.05, 0) is 31.7 Å². The Morgan fingerprint density at radius 2 is 1.75 bits per heavy atom. The predicted molar refractivity (Wildman–Crippen MR) is 56.5 cm³/mol. The first-order chi connectivity index (χ1) is 7.54. The number of benzene rings is 1. The van der Waals surface area contributed by atoms with Gasteiger partial charge in [-0.25, -0.2) is 13.2 Å². The monoisotopic (exact) mass is 232 g/mol. The largest absolute Gasteiger partial charge is 0.318 e. The van der Waals surface area contributed by atoms with Crippen molar-refractivity contribution in [3.63, 3.8) is 0 Å². The molecule has 1 aromatic carbocycles. The van der Waals surface area contributed by atoms with E-state index in [1.54, 1.807) is 0 Å². The zero-order valence-electron chi connectivity index (χ0n) is 9.28.